The fourth-order valence-corrected chi connectivity index (χ4v) is 63.7. The van der Waals surface area contributed by atoms with Gasteiger partial charge in [-0.3, -0.25) is 0 Å². The molecule has 0 bridgehead atoms. The van der Waals surface area contributed by atoms with Crippen LogP contribution >= 0.6 is 0 Å². The molecule has 20 heavy (non-hydrogen) atoms. The van der Waals surface area contributed by atoms with Crippen molar-refractivity contribution in [2.24, 2.45) is 0 Å². The molecule has 0 N–H and O–H groups in total. The van der Waals surface area contributed by atoms with Gasteiger partial charge in [-0.2, -0.15) is 0 Å². The van der Waals surface area contributed by atoms with Crippen molar-refractivity contribution in [3.8, 4) is 0 Å². The summed E-state index contributed by atoms with van der Waals surface area (Å²) >= 11 is 0. The number of allylic oxidation sites excluding steroid dienone is 8. The molecule has 3 nitrogen and oxygen atoms in total. The second-order valence-corrected chi connectivity index (χ2v) is 28.8. The van der Waals surface area contributed by atoms with Gasteiger partial charge in [-0.05, 0) is 0 Å². The van der Waals surface area contributed by atoms with E-state index >= 15 is 0 Å². The Bertz CT molecular complexity index is 1460. The molecule has 2 amide bonds. The number of hydrogen-bond acceptors (Lipinski definition) is 2. The Hall–Kier alpha value is -1.38. The zero-order valence-corrected chi connectivity index (χ0v) is 11.6. The van der Waals surface area contributed by atoms with Crippen molar-refractivity contribution >= 4 is 11.8 Å². The number of carbonyl (C=O) groups is 2. The Labute approximate surface area is 104 Å². The normalized spacial score (nSPS) is 71.1. The van der Waals surface area contributed by atoms with Gasteiger partial charge in [0.2, 0.25) is 0 Å². The summed E-state index contributed by atoms with van der Waals surface area (Å²) in [5, 5.41) is 0. The number of carbonyl (C=O) groups excluding carboxylic acids is 2. The molecule has 4 heteroatoms. The summed E-state index contributed by atoms with van der Waals surface area (Å²) < 4.78 is 16.1. The van der Waals surface area contributed by atoms with Crippen molar-refractivity contribution in [1.29, 1.82) is 0 Å². The molecule has 11 aliphatic heterocycles. The maximum absolute atomic E-state index is 11.8. The summed E-state index contributed by atoms with van der Waals surface area (Å²) in [7, 11) is 0. The molecular formula is C16H9FeNO2. The van der Waals surface area contributed by atoms with Crippen molar-refractivity contribution in [1.82, 2.24) is 4.90 Å². The number of fused-ring (bicyclic) bond motifs is 6. The molecule has 1 spiro atoms. The molecule has 0 aromatic carbocycles. The molecule has 7 fully saturated rings. The van der Waals surface area contributed by atoms with E-state index in [9.17, 15) is 9.59 Å². The zero-order chi connectivity index (χ0) is 12.6. The second-order valence-electron chi connectivity index (χ2n) is 9.90. The van der Waals surface area contributed by atoms with Gasteiger partial charge in [0.15, 0.2) is 0 Å². The van der Waals surface area contributed by atoms with Crippen LogP contribution in [0.3, 0.4) is 0 Å². The average molecular weight is 303 g/mol. The molecule has 11 rings (SSSR count). The first kappa shape index (κ1) is 7.06. The quantitative estimate of drug-likeness (QED) is 0.589. The van der Waals surface area contributed by atoms with Crippen LogP contribution < -0.4 is 0 Å². The molecule has 0 aromatic rings. The van der Waals surface area contributed by atoms with Crippen LogP contribution in [0.4, 0.5) is 0 Å². The first-order valence-electron chi connectivity index (χ1n) is 7.60. The summed E-state index contributed by atoms with van der Waals surface area (Å²) in [6.07, 6.45) is 1.97. The Kier molecular flexibility index (Phi) is 0.214. The summed E-state index contributed by atoms with van der Waals surface area (Å²) in [6, 6.07) is 0. The van der Waals surface area contributed by atoms with Crippen molar-refractivity contribution in [3.63, 3.8) is 0 Å². The van der Waals surface area contributed by atoms with Crippen LogP contribution in [0.5, 0.6) is 0 Å². The number of imide groups is 1. The van der Waals surface area contributed by atoms with Crippen molar-refractivity contribution < 1.29 is 16.1 Å². The molecule has 0 saturated carbocycles. The van der Waals surface area contributed by atoms with Crippen LogP contribution in [-0.4, -0.2) is 23.3 Å². The third-order valence-electron chi connectivity index (χ3n) is 12.6. The van der Waals surface area contributed by atoms with Crippen molar-refractivity contribution in [2.45, 2.75) is 28.4 Å². The van der Waals surface area contributed by atoms with E-state index in [0.29, 0.717) is 23.7 Å². The van der Waals surface area contributed by atoms with Crippen molar-refractivity contribution in [3.05, 3.63) is 35.8 Å². The van der Waals surface area contributed by atoms with Gasteiger partial charge in [0.1, 0.15) is 0 Å². The molecule has 11 aliphatic rings. The first-order chi connectivity index (χ1) is 9.44. The summed E-state index contributed by atoms with van der Waals surface area (Å²) in [4.78, 5) is 26.2. The van der Waals surface area contributed by atoms with E-state index in [-0.39, 0.29) is 11.8 Å². The van der Waals surface area contributed by atoms with E-state index in [1.54, 1.807) is 4.90 Å². The average Bonchev–Trinajstić information content (AvgIpc) is 3.35. The molecule has 98 valence electrons. The standard InChI is InChI=1S/C11H8NO2.C5H.Fe/c13-10-5-6-11(14)12(10)8-7-9-3-1-2-4-9;1-2-4-5-3-1;/h5-8H2;1H;. The van der Waals surface area contributed by atoms with Crippen LogP contribution in [-0.2, 0) is 16.1 Å². The van der Waals surface area contributed by atoms with E-state index in [1.165, 1.54) is 0 Å². The molecule has 0 unspecified atom stereocenters. The van der Waals surface area contributed by atoms with Gasteiger partial charge in [0, 0.05) is 0 Å². The van der Waals surface area contributed by atoms with E-state index in [1.807, 2.05) is 35.8 Å². The predicted molar refractivity (Wildman–Crippen MR) is 65.1 cm³/mol. The summed E-state index contributed by atoms with van der Waals surface area (Å²) in [5.41, 5.74) is 0. The fourth-order valence-electron chi connectivity index (χ4n) is 12.6. The van der Waals surface area contributed by atoms with Crippen molar-refractivity contribution in [2.75, 3.05) is 6.54 Å². The van der Waals surface area contributed by atoms with Crippen LogP contribution in [0.25, 0.3) is 0 Å². The molecule has 0 aliphatic carbocycles. The zero-order valence-electron chi connectivity index (χ0n) is 10.5. The first-order valence-corrected chi connectivity index (χ1v) is 13.2. The molecule has 0 atom stereocenters. The SMILES string of the molecule is O=C1CCC(=O)N1CC[C]12[C]3=[C]4[C]5=[C]1[Fe]45321678[C]2=[C]1[CH]6[C]7=[C]28. The topological polar surface area (TPSA) is 37.4 Å². The third kappa shape index (κ3) is 0.0762. The molecule has 11 heterocycles. The third-order valence-corrected chi connectivity index (χ3v) is 43.9. The van der Waals surface area contributed by atoms with E-state index in [2.05, 4.69) is 0 Å². The fraction of sp³-hybridized carbons (Fsp3) is 0.375. The minimum absolute atomic E-state index is 0.0672. The number of hydrogen-bond donors (Lipinski definition) is 0. The maximum atomic E-state index is 11.8. The van der Waals surface area contributed by atoms with E-state index < -0.39 is 6.51 Å². The number of amides is 2. The van der Waals surface area contributed by atoms with Gasteiger partial charge < -0.3 is 0 Å². The van der Waals surface area contributed by atoms with Crippen LogP contribution in [0, 0.1) is 0 Å². The molecular weight excluding hydrogens is 294 g/mol. The number of nitrogens with zero attached hydrogens (tertiary/aromatic N) is 1. The monoisotopic (exact) mass is 303 g/mol. The van der Waals surface area contributed by atoms with Gasteiger partial charge >= 0.3 is 104 Å². The van der Waals surface area contributed by atoms with E-state index in [4.69, 9.17) is 0 Å². The van der Waals surface area contributed by atoms with Crippen LogP contribution in [0.1, 0.15) is 19.3 Å². The Morgan fingerprint density at radius 2 is 1.60 bits per heavy atom. The van der Waals surface area contributed by atoms with Gasteiger partial charge in [-0.1, -0.05) is 0 Å². The molecule has 0 aromatic heterocycles. The van der Waals surface area contributed by atoms with Gasteiger partial charge in [0.05, 0.1) is 0 Å². The number of rotatable bonds is 3. The predicted octanol–water partition coefficient (Wildman–Crippen LogP) is 1.82. The van der Waals surface area contributed by atoms with Crippen LogP contribution in [0.15, 0.2) is 35.8 Å². The summed E-state index contributed by atoms with van der Waals surface area (Å²) in [6.45, 7) is -2.90. The van der Waals surface area contributed by atoms with Gasteiger partial charge in [-0.15, -0.1) is 0 Å². The Morgan fingerprint density at radius 1 is 1.00 bits per heavy atom. The molecule has 7 saturated heterocycles. The van der Waals surface area contributed by atoms with Crippen LogP contribution in [0.2, 0.25) is 9.13 Å². The van der Waals surface area contributed by atoms with Gasteiger partial charge in [-0.25, -0.2) is 0 Å². The summed E-state index contributed by atoms with van der Waals surface area (Å²) in [5.74, 6) is 0.134. The Morgan fingerprint density at radius 3 is 1.95 bits per heavy atom. The van der Waals surface area contributed by atoms with Gasteiger partial charge in [0.25, 0.3) is 0 Å². The minimum atomic E-state index is -3.60. The molecule has 0 radical (unpaired) electrons. The second kappa shape index (κ2) is 0.606. The number of likely N-dealkylation sites (tertiary alicyclic amines) is 1. The van der Waals surface area contributed by atoms with E-state index in [0.717, 1.165) is 11.2 Å². The Balaban J connectivity index is 1.21.